The van der Waals surface area contributed by atoms with E-state index in [1.54, 1.807) is 0 Å². The zero-order chi connectivity index (χ0) is 11.0. The average molecular weight is 201 g/mol. The van der Waals surface area contributed by atoms with Gasteiger partial charge in [-0.2, -0.15) is 4.57 Å². The van der Waals surface area contributed by atoms with Gasteiger partial charge in [0.25, 0.3) is 0 Å². The second kappa shape index (κ2) is 3.54. The highest BCUT2D eigenvalue weighted by atomic mass is 15.0. The number of hydrogen-bond donors (Lipinski definition) is 1. The number of nitrogen functional groups attached to an aromatic ring is 1. The monoisotopic (exact) mass is 201 g/mol. The molecule has 1 aromatic carbocycles. The van der Waals surface area contributed by atoms with Crippen molar-refractivity contribution in [3.8, 4) is 0 Å². The molecule has 0 fully saturated rings. The van der Waals surface area contributed by atoms with Crippen LogP contribution in [0.3, 0.4) is 0 Å². The van der Waals surface area contributed by atoms with E-state index < -0.39 is 0 Å². The van der Waals surface area contributed by atoms with Crippen molar-refractivity contribution in [1.82, 2.24) is 0 Å². The molecular formula is C13H17N2+. The van der Waals surface area contributed by atoms with E-state index in [0.717, 1.165) is 11.1 Å². The van der Waals surface area contributed by atoms with Gasteiger partial charge in [0.2, 0.25) is 5.52 Å². The summed E-state index contributed by atoms with van der Waals surface area (Å²) >= 11 is 0. The van der Waals surface area contributed by atoms with Gasteiger partial charge in [0.15, 0.2) is 11.7 Å². The molecule has 2 N–H and O–H groups in total. The molecule has 0 saturated carbocycles. The topological polar surface area (TPSA) is 29.9 Å². The van der Waals surface area contributed by atoms with Crippen LogP contribution in [-0.4, -0.2) is 0 Å². The van der Waals surface area contributed by atoms with E-state index in [1.165, 1.54) is 11.2 Å². The van der Waals surface area contributed by atoms with Gasteiger partial charge in [-0.1, -0.05) is 12.1 Å². The number of aromatic nitrogens is 1. The molecule has 2 aromatic rings. The molecular weight excluding hydrogens is 184 g/mol. The Hall–Kier alpha value is -1.57. The summed E-state index contributed by atoms with van der Waals surface area (Å²) in [5, 5.41) is 1.14. The minimum absolute atomic E-state index is 0.454. The van der Waals surface area contributed by atoms with Crippen LogP contribution < -0.4 is 10.3 Å². The number of pyridine rings is 1. The van der Waals surface area contributed by atoms with E-state index in [4.69, 9.17) is 5.73 Å². The number of aryl methyl sites for hydroxylation is 1. The van der Waals surface area contributed by atoms with Gasteiger partial charge in [-0.25, -0.2) is 0 Å². The summed E-state index contributed by atoms with van der Waals surface area (Å²) in [6.45, 7) is 6.48. The summed E-state index contributed by atoms with van der Waals surface area (Å²) in [5.41, 5.74) is 9.30. The Morgan fingerprint density at radius 2 is 1.87 bits per heavy atom. The van der Waals surface area contributed by atoms with Gasteiger partial charge in [0.05, 0.1) is 11.1 Å². The fraction of sp³-hybridized carbons (Fsp3) is 0.308. The molecule has 1 heterocycles. The molecule has 0 radical (unpaired) electrons. The summed E-state index contributed by atoms with van der Waals surface area (Å²) in [7, 11) is 0. The predicted molar refractivity (Wildman–Crippen MR) is 63.7 cm³/mol. The van der Waals surface area contributed by atoms with Crippen molar-refractivity contribution < 1.29 is 4.57 Å². The highest BCUT2D eigenvalue weighted by molar-refractivity contribution is 5.87. The summed E-state index contributed by atoms with van der Waals surface area (Å²) < 4.78 is 2.31. The number of hydrogen-bond acceptors (Lipinski definition) is 1. The Bertz CT molecular complexity index is 501. The van der Waals surface area contributed by atoms with Gasteiger partial charge in [-0.3, -0.25) is 0 Å². The van der Waals surface area contributed by atoms with Crippen LogP contribution in [0, 0.1) is 6.92 Å². The molecule has 0 aliphatic heterocycles. The molecule has 2 heteroatoms. The number of nitrogens with zero attached hydrogens (tertiary/aromatic N) is 1. The predicted octanol–water partition coefficient (Wildman–Crippen LogP) is 2.60. The zero-order valence-corrected chi connectivity index (χ0v) is 9.49. The molecule has 0 unspecified atom stereocenters. The number of para-hydroxylation sites is 1. The lowest BCUT2D eigenvalue weighted by Crippen LogP contribution is -2.40. The minimum atomic E-state index is 0.454. The van der Waals surface area contributed by atoms with Crippen LogP contribution in [0.25, 0.3) is 10.9 Å². The summed E-state index contributed by atoms with van der Waals surface area (Å²) in [6.07, 6.45) is 0. The van der Waals surface area contributed by atoms with Crippen molar-refractivity contribution >= 4 is 16.6 Å². The molecule has 0 spiro atoms. The van der Waals surface area contributed by atoms with Crippen LogP contribution in [0.15, 0.2) is 30.3 Å². The van der Waals surface area contributed by atoms with Crippen molar-refractivity contribution in [3.63, 3.8) is 0 Å². The first-order valence-electron chi connectivity index (χ1n) is 5.30. The van der Waals surface area contributed by atoms with E-state index in [0.29, 0.717) is 6.04 Å². The van der Waals surface area contributed by atoms with Crippen molar-refractivity contribution in [2.24, 2.45) is 0 Å². The number of rotatable bonds is 1. The largest absolute Gasteiger partial charge is 0.398 e. The highest BCUT2D eigenvalue weighted by Crippen LogP contribution is 2.19. The number of anilines is 1. The average Bonchev–Trinajstić information content (AvgIpc) is 2.17. The van der Waals surface area contributed by atoms with E-state index in [2.05, 4.69) is 43.5 Å². The summed E-state index contributed by atoms with van der Waals surface area (Å²) in [5.74, 6) is 0. The first-order chi connectivity index (χ1) is 7.11. The molecule has 15 heavy (non-hydrogen) atoms. The molecule has 2 rings (SSSR count). The maximum Gasteiger partial charge on any atom is 0.214 e. The first-order valence-corrected chi connectivity index (χ1v) is 5.30. The van der Waals surface area contributed by atoms with Crippen molar-refractivity contribution in [3.05, 3.63) is 36.0 Å². The lowest BCUT2D eigenvalue weighted by atomic mass is 10.1. The lowest BCUT2D eigenvalue weighted by molar-refractivity contribution is -0.697. The molecule has 0 atom stereocenters. The maximum atomic E-state index is 6.01. The second-order valence-corrected chi connectivity index (χ2v) is 4.22. The van der Waals surface area contributed by atoms with Crippen LogP contribution in [0.4, 0.5) is 5.69 Å². The molecule has 0 aliphatic carbocycles. The van der Waals surface area contributed by atoms with E-state index >= 15 is 0 Å². The maximum absolute atomic E-state index is 6.01. The minimum Gasteiger partial charge on any atom is -0.398 e. The van der Waals surface area contributed by atoms with Gasteiger partial charge in [0.1, 0.15) is 0 Å². The van der Waals surface area contributed by atoms with E-state index in [-0.39, 0.29) is 0 Å². The van der Waals surface area contributed by atoms with Gasteiger partial charge in [-0.05, 0) is 19.9 Å². The fourth-order valence-electron chi connectivity index (χ4n) is 2.18. The van der Waals surface area contributed by atoms with Gasteiger partial charge in [0, 0.05) is 19.1 Å². The second-order valence-electron chi connectivity index (χ2n) is 4.22. The van der Waals surface area contributed by atoms with E-state index in [9.17, 15) is 0 Å². The smallest absolute Gasteiger partial charge is 0.214 e. The molecule has 0 aliphatic rings. The molecule has 0 bridgehead atoms. The van der Waals surface area contributed by atoms with Crippen molar-refractivity contribution in [1.29, 1.82) is 0 Å². The third-order valence-electron chi connectivity index (χ3n) is 2.74. The quantitative estimate of drug-likeness (QED) is 0.706. The zero-order valence-electron chi connectivity index (χ0n) is 9.49. The molecule has 2 nitrogen and oxygen atoms in total. The third kappa shape index (κ3) is 1.56. The normalized spacial score (nSPS) is 11.2. The van der Waals surface area contributed by atoms with Crippen LogP contribution in [0.5, 0.6) is 0 Å². The number of fused-ring (bicyclic) bond motifs is 1. The Morgan fingerprint density at radius 3 is 2.53 bits per heavy atom. The lowest BCUT2D eigenvalue weighted by Gasteiger charge is -2.09. The van der Waals surface area contributed by atoms with Gasteiger partial charge >= 0.3 is 0 Å². The van der Waals surface area contributed by atoms with Crippen LogP contribution in [-0.2, 0) is 0 Å². The Morgan fingerprint density at radius 1 is 1.20 bits per heavy atom. The Labute approximate surface area is 90.3 Å². The van der Waals surface area contributed by atoms with Crippen LogP contribution >= 0.6 is 0 Å². The summed E-state index contributed by atoms with van der Waals surface area (Å²) in [6, 6.07) is 10.8. The fourth-order valence-corrected chi connectivity index (χ4v) is 2.18. The third-order valence-corrected chi connectivity index (χ3v) is 2.74. The van der Waals surface area contributed by atoms with Crippen LogP contribution in [0.2, 0.25) is 0 Å². The Kier molecular flexibility index (Phi) is 2.35. The standard InChI is InChI=1S/C13H16N2/c1-9(2)15-10(3)8-12(14)11-6-4-5-7-13(11)15/h4-9,14H,1-3H3/p+1. The molecule has 0 amide bonds. The van der Waals surface area contributed by atoms with Crippen molar-refractivity contribution in [2.75, 3.05) is 5.73 Å². The Balaban J connectivity index is 2.90. The van der Waals surface area contributed by atoms with Gasteiger partial charge < -0.3 is 5.73 Å². The number of nitrogens with two attached hydrogens (primary N) is 1. The molecule has 1 aromatic heterocycles. The highest BCUT2D eigenvalue weighted by Gasteiger charge is 2.17. The number of benzene rings is 1. The van der Waals surface area contributed by atoms with Crippen LogP contribution in [0.1, 0.15) is 25.6 Å². The van der Waals surface area contributed by atoms with E-state index in [1.807, 2.05) is 12.1 Å². The van der Waals surface area contributed by atoms with Crippen molar-refractivity contribution in [2.45, 2.75) is 26.8 Å². The molecule has 78 valence electrons. The van der Waals surface area contributed by atoms with Gasteiger partial charge in [-0.15, -0.1) is 0 Å². The molecule has 0 saturated heterocycles. The SMILES string of the molecule is Cc1cc(N)c2ccccc2[n+]1C(C)C. The summed E-state index contributed by atoms with van der Waals surface area (Å²) in [4.78, 5) is 0. The first kappa shape index (κ1) is 9.97.